The first-order valence-electron chi connectivity index (χ1n) is 9.53. The van der Waals surface area contributed by atoms with Gasteiger partial charge in [-0.25, -0.2) is 9.37 Å². The van der Waals surface area contributed by atoms with E-state index < -0.39 is 0 Å². The Bertz CT molecular complexity index is 1400. The molecule has 3 aromatic carbocycles. The third-order valence-electron chi connectivity index (χ3n) is 4.98. The Kier molecular flexibility index (Phi) is 4.37. The number of imidazole rings is 1. The predicted octanol–water partition coefficient (Wildman–Crippen LogP) is 6.22. The summed E-state index contributed by atoms with van der Waals surface area (Å²) in [5.74, 6) is -0.406. The number of amides is 1. The van der Waals surface area contributed by atoms with Gasteiger partial charge in [0.1, 0.15) is 5.82 Å². The van der Waals surface area contributed by atoms with Gasteiger partial charge in [0.15, 0.2) is 4.96 Å². The fraction of sp³-hybridized carbons (Fsp3) is 0.0833. The lowest BCUT2D eigenvalue weighted by Gasteiger charge is -2.08. The third kappa shape index (κ3) is 3.35. The molecule has 0 unspecified atom stereocenters. The summed E-state index contributed by atoms with van der Waals surface area (Å²) < 4.78 is 16.2. The quantitative estimate of drug-likeness (QED) is 0.380. The highest BCUT2D eigenvalue weighted by molar-refractivity contribution is 7.23. The van der Waals surface area contributed by atoms with Gasteiger partial charge in [0.05, 0.1) is 15.9 Å². The van der Waals surface area contributed by atoms with E-state index in [2.05, 4.69) is 16.4 Å². The van der Waals surface area contributed by atoms with Gasteiger partial charge in [-0.1, -0.05) is 17.4 Å². The predicted molar refractivity (Wildman–Crippen MR) is 120 cm³/mol. The van der Waals surface area contributed by atoms with E-state index >= 15 is 0 Å². The molecule has 30 heavy (non-hydrogen) atoms. The molecule has 148 valence electrons. The van der Waals surface area contributed by atoms with Crippen molar-refractivity contribution in [3.8, 4) is 11.3 Å². The second-order valence-corrected chi connectivity index (χ2v) is 8.41. The minimum Gasteiger partial charge on any atom is -0.322 e. The summed E-state index contributed by atoms with van der Waals surface area (Å²) in [6, 6.07) is 17.9. The molecule has 0 spiro atoms. The van der Waals surface area contributed by atoms with Crippen LogP contribution in [-0.2, 0) is 0 Å². The first-order valence-corrected chi connectivity index (χ1v) is 10.4. The standard InChI is InChI=1S/C24H18FN3OS/c1-14-9-15(2)11-19(10-14)26-23(29)17-5-8-21-22(12-17)30-24-27-20(13-28(21)24)16-3-6-18(25)7-4-16/h3-13H,1-2H3,(H,26,29). The molecule has 2 aromatic heterocycles. The van der Waals surface area contributed by atoms with Crippen molar-refractivity contribution in [2.45, 2.75) is 13.8 Å². The van der Waals surface area contributed by atoms with Gasteiger partial charge in [0, 0.05) is 23.0 Å². The van der Waals surface area contributed by atoms with Crippen molar-refractivity contribution >= 4 is 38.1 Å². The topological polar surface area (TPSA) is 46.4 Å². The van der Waals surface area contributed by atoms with Crippen LogP contribution >= 0.6 is 11.3 Å². The number of hydrogen-bond acceptors (Lipinski definition) is 3. The summed E-state index contributed by atoms with van der Waals surface area (Å²) in [6.45, 7) is 4.02. The summed E-state index contributed by atoms with van der Waals surface area (Å²) >= 11 is 1.52. The SMILES string of the molecule is Cc1cc(C)cc(NC(=O)c2ccc3c(c2)sc2nc(-c4ccc(F)cc4)cn23)c1. The smallest absolute Gasteiger partial charge is 0.255 e. The van der Waals surface area contributed by atoms with Gasteiger partial charge in [-0.3, -0.25) is 9.20 Å². The van der Waals surface area contributed by atoms with E-state index in [0.29, 0.717) is 5.56 Å². The highest BCUT2D eigenvalue weighted by Gasteiger charge is 2.13. The Morgan fingerprint density at radius 1 is 1.00 bits per heavy atom. The van der Waals surface area contributed by atoms with Crippen molar-refractivity contribution in [1.29, 1.82) is 0 Å². The lowest BCUT2D eigenvalue weighted by atomic mass is 10.1. The maximum absolute atomic E-state index is 13.2. The van der Waals surface area contributed by atoms with Gasteiger partial charge in [0.25, 0.3) is 5.91 Å². The van der Waals surface area contributed by atoms with Gasteiger partial charge in [0.2, 0.25) is 0 Å². The normalized spacial score (nSPS) is 11.3. The van der Waals surface area contributed by atoms with E-state index in [1.807, 2.05) is 54.8 Å². The van der Waals surface area contributed by atoms with Crippen molar-refractivity contribution in [3.63, 3.8) is 0 Å². The number of hydrogen-bond donors (Lipinski definition) is 1. The van der Waals surface area contributed by atoms with Gasteiger partial charge in [-0.05, 0) is 79.6 Å². The summed E-state index contributed by atoms with van der Waals surface area (Å²) in [6.07, 6.45) is 1.94. The molecule has 0 saturated carbocycles. The van der Waals surface area contributed by atoms with Gasteiger partial charge < -0.3 is 5.32 Å². The molecule has 5 aromatic rings. The summed E-state index contributed by atoms with van der Waals surface area (Å²) in [5, 5.41) is 2.98. The Balaban J connectivity index is 1.47. The highest BCUT2D eigenvalue weighted by atomic mass is 32.1. The number of carbonyl (C=O) groups is 1. The Morgan fingerprint density at radius 3 is 2.47 bits per heavy atom. The van der Waals surface area contributed by atoms with E-state index in [0.717, 1.165) is 43.2 Å². The van der Waals surface area contributed by atoms with E-state index in [1.54, 1.807) is 12.1 Å². The van der Waals surface area contributed by atoms with Crippen LogP contribution < -0.4 is 5.32 Å². The number of halogens is 1. The molecule has 0 saturated heterocycles. The first-order chi connectivity index (χ1) is 14.5. The number of aromatic nitrogens is 2. The molecule has 0 aliphatic carbocycles. The van der Waals surface area contributed by atoms with Crippen LogP contribution in [0.1, 0.15) is 21.5 Å². The minimum atomic E-state index is -0.267. The molecule has 2 heterocycles. The molecule has 0 fully saturated rings. The van der Waals surface area contributed by atoms with Crippen molar-refractivity contribution in [2.24, 2.45) is 0 Å². The molecule has 0 atom stereocenters. The van der Waals surface area contributed by atoms with Crippen LogP contribution in [0.25, 0.3) is 26.4 Å². The maximum Gasteiger partial charge on any atom is 0.255 e. The number of nitrogens with one attached hydrogen (secondary N) is 1. The Labute approximate surface area is 176 Å². The molecular formula is C24H18FN3OS. The van der Waals surface area contributed by atoms with Crippen LogP contribution in [0.4, 0.5) is 10.1 Å². The molecule has 5 rings (SSSR count). The number of thiazole rings is 1. The lowest BCUT2D eigenvalue weighted by Crippen LogP contribution is -2.11. The van der Waals surface area contributed by atoms with Crippen LogP contribution in [-0.4, -0.2) is 15.3 Å². The van der Waals surface area contributed by atoms with Gasteiger partial charge in [-0.2, -0.15) is 0 Å². The van der Waals surface area contributed by atoms with E-state index in [4.69, 9.17) is 0 Å². The van der Waals surface area contributed by atoms with Crippen LogP contribution in [0, 0.1) is 19.7 Å². The molecule has 4 nitrogen and oxygen atoms in total. The largest absolute Gasteiger partial charge is 0.322 e. The maximum atomic E-state index is 13.2. The van der Waals surface area contributed by atoms with Crippen molar-refractivity contribution in [2.75, 3.05) is 5.32 Å². The molecule has 0 aliphatic heterocycles. The number of anilines is 1. The highest BCUT2D eigenvalue weighted by Crippen LogP contribution is 2.30. The molecule has 1 N–H and O–H groups in total. The fourth-order valence-electron chi connectivity index (χ4n) is 3.65. The first kappa shape index (κ1) is 18.5. The number of nitrogens with zero attached hydrogens (tertiary/aromatic N) is 2. The second-order valence-electron chi connectivity index (χ2n) is 7.40. The fourth-order valence-corrected chi connectivity index (χ4v) is 4.70. The van der Waals surface area contributed by atoms with Crippen LogP contribution in [0.3, 0.4) is 0 Å². The van der Waals surface area contributed by atoms with E-state index in [1.165, 1.54) is 23.5 Å². The number of benzene rings is 3. The van der Waals surface area contributed by atoms with Crippen molar-refractivity contribution < 1.29 is 9.18 Å². The number of carbonyl (C=O) groups excluding carboxylic acids is 1. The zero-order valence-corrected chi connectivity index (χ0v) is 17.3. The Morgan fingerprint density at radius 2 is 1.73 bits per heavy atom. The second kappa shape index (κ2) is 7.07. The average Bonchev–Trinajstić information content (AvgIpc) is 3.25. The van der Waals surface area contributed by atoms with Crippen LogP contribution in [0.15, 0.2) is 66.9 Å². The summed E-state index contributed by atoms with van der Waals surface area (Å²) in [4.78, 5) is 18.2. The van der Waals surface area contributed by atoms with E-state index in [-0.39, 0.29) is 11.7 Å². The molecule has 0 bridgehead atoms. The van der Waals surface area contributed by atoms with Gasteiger partial charge >= 0.3 is 0 Å². The van der Waals surface area contributed by atoms with Crippen molar-refractivity contribution in [1.82, 2.24) is 9.38 Å². The Hall–Kier alpha value is -3.51. The number of fused-ring (bicyclic) bond motifs is 3. The van der Waals surface area contributed by atoms with Crippen molar-refractivity contribution in [3.05, 3.63) is 89.4 Å². The van der Waals surface area contributed by atoms with Crippen LogP contribution in [0.2, 0.25) is 0 Å². The zero-order chi connectivity index (χ0) is 20.8. The molecule has 6 heteroatoms. The molecule has 0 aliphatic rings. The molecular weight excluding hydrogens is 397 g/mol. The lowest BCUT2D eigenvalue weighted by molar-refractivity contribution is 0.102. The molecule has 1 amide bonds. The summed E-state index contributed by atoms with van der Waals surface area (Å²) in [7, 11) is 0. The minimum absolute atomic E-state index is 0.139. The monoisotopic (exact) mass is 415 g/mol. The van der Waals surface area contributed by atoms with Gasteiger partial charge in [-0.15, -0.1) is 0 Å². The van der Waals surface area contributed by atoms with Crippen LogP contribution in [0.5, 0.6) is 0 Å². The number of aryl methyl sites for hydroxylation is 2. The number of rotatable bonds is 3. The zero-order valence-electron chi connectivity index (χ0n) is 16.4. The summed E-state index contributed by atoms with van der Waals surface area (Å²) in [5.41, 5.74) is 6.25. The van der Waals surface area contributed by atoms with E-state index in [9.17, 15) is 9.18 Å². The molecule has 0 radical (unpaired) electrons. The third-order valence-corrected chi connectivity index (χ3v) is 5.99. The average molecular weight is 415 g/mol.